The zero-order valence-corrected chi connectivity index (χ0v) is 12.7. The zero-order valence-electron chi connectivity index (χ0n) is 12.7. The third-order valence-electron chi connectivity index (χ3n) is 3.69. The van der Waals surface area contributed by atoms with Crippen molar-refractivity contribution in [1.29, 1.82) is 0 Å². The van der Waals surface area contributed by atoms with E-state index >= 15 is 0 Å². The van der Waals surface area contributed by atoms with Crippen LogP contribution in [0.2, 0.25) is 0 Å². The number of nitrogens with one attached hydrogen (secondary N) is 1. The Kier molecular flexibility index (Phi) is 4.99. The van der Waals surface area contributed by atoms with E-state index in [4.69, 9.17) is 5.11 Å². The van der Waals surface area contributed by atoms with Gasteiger partial charge in [0.15, 0.2) is 0 Å². The van der Waals surface area contributed by atoms with Crippen molar-refractivity contribution in [3.63, 3.8) is 0 Å². The summed E-state index contributed by atoms with van der Waals surface area (Å²) in [5, 5.41) is 8.90. The van der Waals surface area contributed by atoms with Crippen molar-refractivity contribution in [2.75, 3.05) is 12.0 Å². The highest BCUT2D eigenvalue weighted by atomic mass is 16.4. The number of hydrogen-bond acceptors (Lipinski definition) is 3. The lowest BCUT2D eigenvalue weighted by Gasteiger charge is -2.16. The van der Waals surface area contributed by atoms with Crippen molar-refractivity contribution in [2.24, 2.45) is 0 Å². The van der Waals surface area contributed by atoms with Gasteiger partial charge in [0.25, 0.3) is 5.56 Å². The van der Waals surface area contributed by atoms with Crippen LogP contribution in [0, 0.1) is 6.92 Å². The summed E-state index contributed by atoms with van der Waals surface area (Å²) in [5.41, 5.74) is 4.95. The van der Waals surface area contributed by atoms with Gasteiger partial charge < -0.3 is 10.5 Å². The van der Waals surface area contributed by atoms with Crippen molar-refractivity contribution in [2.45, 2.75) is 26.2 Å². The van der Waals surface area contributed by atoms with Gasteiger partial charge in [-0.2, -0.15) is 0 Å². The normalized spacial score (nSPS) is 11.9. The van der Waals surface area contributed by atoms with Gasteiger partial charge in [0.2, 0.25) is 0 Å². The van der Waals surface area contributed by atoms with Gasteiger partial charge in [-0.25, -0.2) is 4.68 Å². The smallest absolute Gasteiger partial charge is 0.308 e. The standard InChI is InChI=1S/C17H20N2O3/c1-12-8-9-19(17(22)15(12)10-16(20)21)18-11-13(2)14-6-4-3-5-7-14/h3-9,13,18H,10-11H2,1-2H3,(H,20,21). The van der Waals surface area contributed by atoms with Gasteiger partial charge in [0, 0.05) is 18.3 Å². The van der Waals surface area contributed by atoms with Crippen molar-refractivity contribution in [3.8, 4) is 0 Å². The molecule has 22 heavy (non-hydrogen) atoms. The first-order valence-electron chi connectivity index (χ1n) is 7.20. The van der Waals surface area contributed by atoms with Crippen molar-refractivity contribution in [3.05, 3.63) is 69.6 Å². The minimum atomic E-state index is -1.00. The lowest BCUT2D eigenvalue weighted by Crippen LogP contribution is -2.34. The van der Waals surface area contributed by atoms with E-state index in [2.05, 4.69) is 12.3 Å². The third-order valence-corrected chi connectivity index (χ3v) is 3.69. The van der Waals surface area contributed by atoms with Crippen LogP contribution in [0.3, 0.4) is 0 Å². The number of carbonyl (C=O) groups is 1. The Labute approximate surface area is 129 Å². The molecule has 0 amide bonds. The second-order valence-corrected chi connectivity index (χ2v) is 5.40. The molecule has 1 aromatic carbocycles. The van der Waals surface area contributed by atoms with Gasteiger partial charge in [0.1, 0.15) is 0 Å². The molecule has 0 radical (unpaired) electrons. The van der Waals surface area contributed by atoms with E-state index in [0.717, 1.165) is 0 Å². The maximum absolute atomic E-state index is 12.3. The molecule has 0 saturated carbocycles. The van der Waals surface area contributed by atoms with E-state index in [9.17, 15) is 9.59 Å². The molecular formula is C17H20N2O3. The summed E-state index contributed by atoms with van der Waals surface area (Å²) in [6.07, 6.45) is 1.38. The highest BCUT2D eigenvalue weighted by molar-refractivity contribution is 5.70. The van der Waals surface area contributed by atoms with E-state index in [1.807, 2.05) is 30.3 Å². The van der Waals surface area contributed by atoms with E-state index in [0.29, 0.717) is 17.7 Å². The molecule has 1 unspecified atom stereocenters. The Hall–Kier alpha value is -2.56. The molecule has 2 aromatic rings. The monoisotopic (exact) mass is 300 g/mol. The Morgan fingerprint density at radius 2 is 1.95 bits per heavy atom. The zero-order chi connectivity index (χ0) is 16.1. The minimum Gasteiger partial charge on any atom is -0.481 e. The van der Waals surface area contributed by atoms with Crippen LogP contribution in [0.1, 0.15) is 29.5 Å². The van der Waals surface area contributed by atoms with E-state index in [1.165, 1.54) is 10.2 Å². The number of hydrogen-bond donors (Lipinski definition) is 2. The summed E-state index contributed by atoms with van der Waals surface area (Å²) in [7, 11) is 0. The quantitative estimate of drug-likeness (QED) is 0.857. The molecule has 1 atom stereocenters. The van der Waals surface area contributed by atoms with Crippen molar-refractivity contribution < 1.29 is 9.90 Å². The molecule has 2 N–H and O–H groups in total. The van der Waals surface area contributed by atoms with Crippen LogP contribution in [-0.2, 0) is 11.2 Å². The molecule has 5 heteroatoms. The first kappa shape index (κ1) is 15.8. The average molecular weight is 300 g/mol. The number of pyridine rings is 1. The van der Waals surface area contributed by atoms with Gasteiger partial charge in [0.05, 0.1) is 6.42 Å². The number of aliphatic carboxylic acids is 1. The Morgan fingerprint density at radius 3 is 2.59 bits per heavy atom. The molecule has 0 aliphatic rings. The highest BCUT2D eigenvalue weighted by Gasteiger charge is 2.12. The predicted octanol–water partition coefficient (Wildman–Crippen LogP) is 2.13. The summed E-state index contributed by atoms with van der Waals surface area (Å²) in [6.45, 7) is 4.40. The van der Waals surface area contributed by atoms with Gasteiger partial charge in [-0.3, -0.25) is 9.59 Å². The minimum absolute atomic E-state index is 0.234. The number of carboxylic acids is 1. The van der Waals surface area contributed by atoms with Crippen LogP contribution in [0.4, 0.5) is 0 Å². The van der Waals surface area contributed by atoms with Gasteiger partial charge >= 0.3 is 5.97 Å². The molecule has 2 rings (SSSR count). The van der Waals surface area contributed by atoms with E-state index in [1.54, 1.807) is 19.2 Å². The fourth-order valence-corrected chi connectivity index (χ4v) is 2.29. The molecule has 0 spiro atoms. The number of aryl methyl sites for hydroxylation is 1. The summed E-state index contributed by atoms with van der Waals surface area (Å²) in [4.78, 5) is 23.2. The van der Waals surface area contributed by atoms with Crippen LogP contribution in [0.15, 0.2) is 47.4 Å². The van der Waals surface area contributed by atoms with Crippen molar-refractivity contribution in [1.82, 2.24) is 4.68 Å². The van der Waals surface area contributed by atoms with Gasteiger partial charge in [-0.1, -0.05) is 37.3 Å². The molecule has 0 saturated heterocycles. The van der Waals surface area contributed by atoms with Gasteiger partial charge in [-0.05, 0) is 30.0 Å². The molecule has 116 valence electrons. The highest BCUT2D eigenvalue weighted by Crippen LogP contribution is 2.13. The Morgan fingerprint density at radius 1 is 1.27 bits per heavy atom. The number of rotatable bonds is 6. The number of aromatic nitrogens is 1. The fraction of sp³-hybridized carbons (Fsp3) is 0.294. The largest absolute Gasteiger partial charge is 0.481 e. The van der Waals surface area contributed by atoms with Crippen LogP contribution in [-0.4, -0.2) is 22.3 Å². The van der Waals surface area contributed by atoms with Crippen LogP contribution < -0.4 is 11.0 Å². The lowest BCUT2D eigenvalue weighted by molar-refractivity contribution is -0.136. The summed E-state index contributed by atoms with van der Waals surface area (Å²) in [6, 6.07) is 11.8. The van der Waals surface area contributed by atoms with Crippen LogP contribution in [0.25, 0.3) is 0 Å². The SMILES string of the molecule is Cc1ccn(NCC(C)c2ccccc2)c(=O)c1CC(=O)O. The maximum Gasteiger partial charge on any atom is 0.308 e. The van der Waals surface area contributed by atoms with Crippen LogP contribution >= 0.6 is 0 Å². The Bertz CT molecular complexity index is 708. The molecule has 0 bridgehead atoms. The molecule has 0 aliphatic carbocycles. The van der Waals surface area contributed by atoms with Crippen LogP contribution in [0.5, 0.6) is 0 Å². The second kappa shape index (κ2) is 6.93. The number of carboxylic acid groups (broad SMARTS) is 1. The molecular weight excluding hydrogens is 280 g/mol. The summed E-state index contributed by atoms with van der Waals surface area (Å²) >= 11 is 0. The lowest BCUT2D eigenvalue weighted by atomic mass is 10.0. The molecule has 1 heterocycles. The van der Waals surface area contributed by atoms with Gasteiger partial charge in [-0.15, -0.1) is 0 Å². The molecule has 1 aromatic heterocycles. The topological polar surface area (TPSA) is 71.3 Å². The first-order chi connectivity index (χ1) is 10.5. The Balaban J connectivity index is 2.13. The predicted molar refractivity (Wildman–Crippen MR) is 85.9 cm³/mol. The molecule has 5 nitrogen and oxygen atoms in total. The van der Waals surface area contributed by atoms with E-state index in [-0.39, 0.29) is 17.9 Å². The first-order valence-corrected chi connectivity index (χ1v) is 7.20. The fourth-order valence-electron chi connectivity index (χ4n) is 2.29. The summed E-state index contributed by atoms with van der Waals surface area (Å²) in [5.74, 6) is -0.770. The molecule has 0 aliphatic heterocycles. The number of nitrogens with zero attached hydrogens (tertiary/aromatic N) is 1. The van der Waals surface area contributed by atoms with Crippen molar-refractivity contribution >= 4 is 5.97 Å². The average Bonchev–Trinajstić information content (AvgIpc) is 2.51. The summed E-state index contributed by atoms with van der Waals surface area (Å²) < 4.78 is 1.37. The van der Waals surface area contributed by atoms with E-state index < -0.39 is 5.97 Å². The maximum atomic E-state index is 12.3. The number of benzene rings is 1. The second-order valence-electron chi connectivity index (χ2n) is 5.40. The third kappa shape index (κ3) is 3.75. The molecule has 0 fully saturated rings.